The fraction of sp³-hybridized carbons (Fsp3) is 0.538. The van der Waals surface area contributed by atoms with E-state index in [-0.39, 0.29) is 17.7 Å². The van der Waals surface area contributed by atoms with E-state index >= 15 is 0 Å². The lowest BCUT2D eigenvalue weighted by Crippen LogP contribution is -2.30. The number of rotatable bonds is 5. The Bertz CT molecular complexity index is 469. The van der Waals surface area contributed by atoms with E-state index in [1.54, 1.807) is 31.0 Å². The molecule has 1 N–H and O–H groups in total. The van der Waals surface area contributed by atoms with E-state index < -0.39 is 5.97 Å². The molecule has 1 aromatic heterocycles. The Balaban J connectivity index is 1.84. The molecule has 2 heterocycles. The lowest BCUT2D eigenvalue weighted by atomic mass is 10.2. The molecule has 1 fully saturated rings. The van der Waals surface area contributed by atoms with Crippen LogP contribution in [0.25, 0.3) is 0 Å². The molecular weight excluding hydrogens is 248 g/mol. The van der Waals surface area contributed by atoms with Gasteiger partial charge in [0.15, 0.2) is 0 Å². The smallest absolute Gasteiger partial charge is 0.374 e. The number of hydrogen-bond donors (Lipinski definition) is 1. The normalized spacial score (nSPS) is 18.9. The van der Waals surface area contributed by atoms with Crippen LogP contribution in [0.4, 0.5) is 0 Å². The minimum atomic E-state index is -0.454. The van der Waals surface area contributed by atoms with Crippen molar-refractivity contribution in [3.05, 3.63) is 23.7 Å². The highest BCUT2D eigenvalue weighted by Crippen LogP contribution is 2.12. The van der Waals surface area contributed by atoms with E-state index in [2.05, 4.69) is 5.32 Å². The van der Waals surface area contributed by atoms with E-state index in [1.165, 1.54) is 0 Å². The first kappa shape index (κ1) is 13.6. The molecule has 1 aliphatic rings. The maximum absolute atomic E-state index is 11.4. The number of furan rings is 1. The molecule has 0 aromatic carbocycles. The van der Waals surface area contributed by atoms with Crippen molar-refractivity contribution in [1.29, 1.82) is 0 Å². The van der Waals surface area contributed by atoms with Gasteiger partial charge in [-0.1, -0.05) is 0 Å². The second-order valence-corrected chi connectivity index (χ2v) is 4.54. The highest BCUT2D eigenvalue weighted by molar-refractivity contribution is 5.86. The Kier molecular flexibility index (Phi) is 4.21. The largest absolute Gasteiger partial charge is 0.460 e. The molecule has 0 aliphatic carbocycles. The van der Waals surface area contributed by atoms with E-state index in [1.807, 2.05) is 0 Å². The Morgan fingerprint density at radius 3 is 3.00 bits per heavy atom. The molecule has 2 rings (SSSR count). The van der Waals surface area contributed by atoms with Crippen LogP contribution in [0.1, 0.15) is 29.7 Å². The summed E-state index contributed by atoms with van der Waals surface area (Å²) in [6.07, 6.45) is 0.502. The second kappa shape index (κ2) is 5.88. The molecule has 1 amide bonds. The molecule has 1 aliphatic heterocycles. The minimum Gasteiger partial charge on any atom is -0.460 e. The number of carbonyl (C=O) groups excluding carboxylic acids is 2. The third-order valence-electron chi connectivity index (χ3n) is 3.04. The number of hydrogen-bond acceptors (Lipinski definition) is 5. The summed E-state index contributed by atoms with van der Waals surface area (Å²) in [5, 5.41) is 3.23. The van der Waals surface area contributed by atoms with Crippen molar-refractivity contribution in [1.82, 2.24) is 10.2 Å². The third kappa shape index (κ3) is 3.35. The lowest BCUT2D eigenvalue weighted by Gasteiger charge is -2.10. The summed E-state index contributed by atoms with van der Waals surface area (Å²) in [5.74, 6) is 0.553. The summed E-state index contributed by atoms with van der Waals surface area (Å²) in [7, 11) is 1.79. The van der Waals surface area contributed by atoms with Crippen molar-refractivity contribution in [2.75, 3.05) is 20.2 Å². The van der Waals surface area contributed by atoms with Gasteiger partial charge in [0.2, 0.25) is 11.7 Å². The maximum atomic E-state index is 11.4. The first-order chi connectivity index (χ1) is 9.10. The first-order valence-electron chi connectivity index (χ1n) is 6.33. The summed E-state index contributed by atoms with van der Waals surface area (Å²) in [6, 6.07) is 3.47. The molecule has 104 valence electrons. The van der Waals surface area contributed by atoms with Crippen LogP contribution in [0.15, 0.2) is 16.5 Å². The highest BCUT2D eigenvalue weighted by atomic mass is 16.5. The number of likely N-dealkylation sites (N-methyl/N-ethyl adjacent to an activating group) is 1. The number of esters is 1. The van der Waals surface area contributed by atoms with Crippen molar-refractivity contribution >= 4 is 11.9 Å². The molecule has 1 aromatic rings. The van der Waals surface area contributed by atoms with Gasteiger partial charge in [-0.15, -0.1) is 0 Å². The number of likely N-dealkylation sites (tertiary alicyclic amines) is 1. The SMILES string of the molecule is CCOC(=O)c1ccc(CN[C@H]2CC(=O)N(C)C2)o1. The lowest BCUT2D eigenvalue weighted by molar-refractivity contribution is -0.126. The van der Waals surface area contributed by atoms with Gasteiger partial charge in [0.05, 0.1) is 13.2 Å². The summed E-state index contributed by atoms with van der Waals surface area (Å²) in [4.78, 5) is 24.5. The summed E-state index contributed by atoms with van der Waals surface area (Å²) in [6.45, 7) is 3.26. The van der Waals surface area contributed by atoms with Crippen LogP contribution in [-0.4, -0.2) is 43.0 Å². The van der Waals surface area contributed by atoms with E-state index in [9.17, 15) is 9.59 Å². The molecule has 0 bridgehead atoms. The Hall–Kier alpha value is -1.82. The van der Waals surface area contributed by atoms with Crippen LogP contribution < -0.4 is 5.32 Å². The van der Waals surface area contributed by atoms with Gasteiger partial charge in [-0.25, -0.2) is 4.79 Å². The predicted molar refractivity (Wildman–Crippen MR) is 67.5 cm³/mol. The van der Waals surface area contributed by atoms with Gasteiger partial charge in [-0.05, 0) is 19.1 Å². The van der Waals surface area contributed by atoms with Crippen LogP contribution in [0, 0.1) is 0 Å². The van der Waals surface area contributed by atoms with Crippen LogP contribution in [0.5, 0.6) is 0 Å². The molecule has 0 unspecified atom stereocenters. The predicted octanol–water partition coefficient (Wildman–Crippen LogP) is 0.777. The Labute approximate surface area is 111 Å². The van der Waals surface area contributed by atoms with Gasteiger partial charge in [0.25, 0.3) is 0 Å². The van der Waals surface area contributed by atoms with Crippen molar-refractivity contribution in [2.24, 2.45) is 0 Å². The molecule has 6 nitrogen and oxygen atoms in total. The van der Waals surface area contributed by atoms with Gasteiger partial charge in [-0.3, -0.25) is 4.79 Å². The van der Waals surface area contributed by atoms with Gasteiger partial charge in [-0.2, -0.15) is 0 Å². The number of nitrogens with zero attached hydrogens (tertiary/aromatic N) is 1. The Morgan fingerprint density at radius 2 is 2.37 bits per heavy atom. The average Bonchev–Trinajstić information content (AvgIpc) is 2.95. The van der Waals surface area contributed by atoms with Crippen molar-refractivity contribution in [3.63, 3.8) is 0 Å². The van der Waals surface area contributed by atoms with Crippen molar-refractivity contribution in [3.8, 4) is 0 Å². The zero-order valence-corrected chi connectivity index (χ0v) is 11.1. The number of carbonyl (C=O) groups is 2. The summed E-state index contributed by atoms with van der Waals surface area (Å²) in [5.41, 5.74) is 0. The number of ether oxygens (including phenoxy) is 1. The fourth-order valence-electron chi connectivity index (χ4n) is 2.03. The Morgan fingerprint density at radius 1 is 1.58 bits per heavy atom. The fourth-order valence-corrected chi connectivity index (χ4v) is 2.03. The average molecular weight is 266 g/mol. The number of amides is 1. The van der Waals surface area contributed by atoms with Gasteiger partial charge >= 0.3 is 5.97 Å². The van der Waals surface area contributed by atoms with Crippen LogP contribution in [0.2, 0.25) is 0 Å². The molecule has 0 spiro atoms. The molecule has 1 saturated heterocycles. The monoisotopic (exact) mass is 266 g/mol. The topological polar surface area (TPSA) is 71.8 Å². The molecule has 0 saturated carbocycles. The van der Waals surface area contributed by atoms with Crippen LogP contribution in [-0.2, 0) is 16.1 Å². The van der Waals surface area contributed by atoms with Crippen molar-refractivity contribution in [2.45, 2.75) is 25.9 Å². The summed E-state index contributed by atoms with van der Waals surface area (Å²) < 4.78 is 10.2. The summed E-state index contributed by atoms with van der Waals surface area (Å²) >= 11 is 0. The molecule has 1 atom stereocenters. The quantitative estimate of drug-likeness (QED) is 0.797. The minimum absolute atomic E-state index is 0.133. The molecule has 0 radical (unpaired) electrons. The van der Waals surface area contributed by atoms with Crippen molar-refractivity contribution < 1.29 is 18.7 Å². The highest BCUT2D eigenvalue weighted by Gasteiger charge is 2.26. The third-order valence-corrected chi connectivity index (χ3v) is 3.04. The number of nitrogens with one attached hydrogen (secondary N) is 1. The zero-order valence-electron chi connectivity index (χ0n) is 11.1. The maximum Gasteiger partial charge on any atom is 0.374 e. The van der Waals surface area contributed by atoms with Crippen LogP contribution in [0.3, 0.4) is 0 Å². The first-order valence-corrected chi connectivity index (χ1v) is 6.33. The molecular formula is C13H18N2O4. The van der Waals surface area contributed by atoms with E-state index in [0.717, 1.165) is 0 Å². The van der Waals surface area contributed by atoms with Gasteiger partial charge < -0.3 is 19.4 Å². The standard InChI is InChI=1S/C13H18N2O4/c1-3-18-13(17)11-5-4-10(19-11)7-14-9-6-12(16)15(2)8-9/h4-5,9,14H,3,6-8H2,1-2H3/t9-/m0/s1. The molecule has 19 heavy (non-hydrogen) atoms. The van der Waals surface area contributed by atoms with E-state index in [4.69, 9.17) is 9.15 Å². The van der Waals surface area contributed by atoms with Gasteiger partial charge in [0, 0.05) is 26.1 Å². The molecule has 6 heteroatoms. The van der Waals surface area contributed by atoms with Crippen LogP contribution >= 0.6 is 0 Å². The van der Waals surface area contributed by atoms with Gasteiger partial charge in [0.1, 0.15) is 5.76 Å². The van der Waals surface area contributed by atoms with E-state index in [0.29, 0.717) is 31.9 Å². The zero-order chi connectivity index (χ0) is 13.8. The second-order valence-electron chi connectivity index (χ2n) is 4.54.